The van der Waals surface area contributed by atoms with Crippen molar-refractivity contribution < 1.29 is 41.8 Å². The van der Waals surface area contributed by atoms with Crippen LogP contribution in [0.3, 0.4) is 0 Å². The summed E-state index contributed by atoms with van der Waals surface area (Å²) < 4.78 is 41.2. The van der Waals surface area contributed by atoms with Gasteiger partial charge in [0, 0.05) is 46.8 Å². The summed E-state index contributed by atoms with van der Waals surface area (Å²) >= 11 is 0. The van der Waals surface area contributed by atoms with Gasteiger partial charge >= 0.3 is 20.7 Å². The molecule has 1 aromatic heterocycles. The van der Waals surface area contributed by atoms with E-state index < -0.39 is 31.9 Å². The lowest BCUT2D eigenvalue weighted by atomic mass is 10.1. The van der Waals surface area contributed by atoms with Gasteiger partial charge in [0.1, 0.15) is 24.4 Å². The van der Waals surface area contributed by atoms with Crippen molar-refractivity contribution in [3.8, 4) is 23.7 Å². The van der Waals surface area contributed by atoms with Crippen LogP contribution in [0.5, 0.6) is 0 Å². The van der Waals surface area contributed by atoms with Crippen LogP contribution >= 0.6 is 0 Å². The number of hydrogen-bond acceptors (Lipinski definition) is 10. The molecule has 1 heterocycles. The maximum atomic E-state index is 12.2. The zero-order valence-electron chi connectivity index (χ0n) is 35.7. The lowest BCUT2D eigenvalue weighted by Gasteiger charge is -2.34. The van der Waals surface area contributed by atoms with Crippen LogP contribution in [0.4, 0.5) is 0 Å². The molecule has 0 spiro atoms. The van der Waals surface area contributed by atoms with Crippen molar-refractivity contribution in [1.29, 1.82) is 0 Å². The van der Waals surface area contributed by atoms with Crippen LogP contribution in [0, 0.1) is 23.7 Å². The standard InChI is InChI=1S/C46H61NO9Si/c1-12-40(13-2)55-57(50-11,56-41(14-3)15-4)42-26-24-36(25-27-42)21-20-34-16-18-35(19-17-34)22-23-37-28-38(30-51-32-43(48)53-45(5,6)7)47-39(29-37)31-52-33-44(49)54-46(8,9)10/h16-19,24-29,40-41H,12-15,30-33H2,1-11H3. The summed E-state index contributed by atoms with van der Waals surface area (Å²) in [6, 6.07) is 19.3. The van der Waals surface area contributed by atoms with E-state index in [4.69, 9.17) is 32.2 Å². The minimum absolute atomic E-state index is 0.0476. The second-order valence-corrected chi connectivity index (χ2v) is 18.1. The number of pyridine rings is 1. The molecular weight excluding hydrogens is 739 g/mol. The molecule has 2 aromatic carbocycles. The van der Waals surface area contributed by atoms with Crippen molar-refractivity contribution in [2.75, 3.05) is 20.3 Å². The van der Waals surface area contributed by atoms with E-state index in [1.165, 1.54) is 0 Å². The van der Waals surface area contributed by atoms with Crippen LogP contribution in [-0.2, 0) is 55.0 Å². The topological polar surface area (TPSA) is 112 Å². The Morgan fingerprint density at radius 2 is 0.947 bits per heavy atom. The van der Waals surface area contributed by atoms with Gasteiger partial charge in [0.2, 0.25) is 0 Å². The summed E-state index contributed by atoms with van der Waals surface area (Å²) in [5.41, 5.74) is 3.03. The van der Waals surface area contributed by atoms with Crippen molar-refractivity contribution in [3.63, 3.8) is 0 Å². The van der Waals surface area contributed by atoms with E-state index in [1.807, 2.05) is 48.5 Å². The number of rotatable bonds is 18. The molecule has 0 unspecified atom stereocenters. The Bertz CT molecular complexity index is 1780. The molecule has 0 saturated heterocycles. The van der Waals surface area contributed by atoms with E-state index in [0.717, 1.165) is 47.6 Å². The van der Waals surface area contributed by atoms with Crippen molar-refractivity contribution >= 4 is 25.9 Å². The fourth-order valence-corrected chi connectivity index (χ4v) is 8.38. The summed E-state index contributed by atoms with van der Waals surface area (Å²) in [6.45, 7) is 18.9. The highest BCUT2D eigenvalue weighted by atomic mass is 28.4. The Morgan fingerprint density at radius 3 is 1.28 bits per heavy atom. The number of aromatic nitrogens is 1. The van der Waals surface area contributed by atoms with Gasteiger partial charge in [-0.25, -0.2) is 9.59 Å². The van der Waals surface area contributed by atoms with Gasteiger partial charge < -0.3 is 32.2 Å². The van der Waals surface area contributed by atoms with Gasteiger partial charge in [-0.05, 0) is 116 Å². The first-order valence-electron chi connectivity index (χ1n) is 19.7. The van der Waals surface area contributed by atoms with E-state index in [-0.39, 0.29) is 38.6 Å². The van der Waals surface area contributed by atoms with Crippen molar-refractivity contribution in [3.05, 3.63) is 94.3 Å². The first kappa shape index (κ1) is 47.0. The van der Waals surface area contributed by atoms with Crippen LogP contribution in [0.25, 0.3) is 0 Å². The van der Waals surface area contributed by atoms with Crippen LogP contribution in [0.1, 0.15) is 129 Å². The minimum Gasteiger partial charge on any atom is -0.458 e. The van der Waals surface area contributed by atoms with Crippen LogP contribution in [-0.4, -0.2) is 69.5 Å². The monoisotopic (exact) mass is 799 g/mol. The van der Waals surface area contributed by atoms with Crippen LogP contribution in [0.15, 0.2) is 60.7 Å². The molecule has 11 heteroatoms. The van der Waals surface area contributed by atoms with E-state index >= 15 is 0 Å². The molecular formula is C46H61NO9Si. The molecule has 57 heavy (non-hydrogen) atoms. The van der Waals surface area contributed by atoms with Gasteiger partial charge in [0.25, 0.3) is 0 Å². The molecule has 3 aromatic rings. The number of esters is 2. The summed E-state index contributed by atoms with van der Waals surface area (Å²) in [5.74, 6) is 12.0. The average Bonchev–Trinajstić information content (AvgIpc) is 3.16. The largest absolute Gasteiger partial charge is 0.537 e. The third-order valence-electron chi connectivity index (χ3n) is 8.27. The van der Waals surface area contributed by atoms with Crippen LogP contribution < -0.4 is 5.19 Å². The Labute approximate surface area is 341 Å². The zero-order chi connectivity index (χ0) is 42.1. The van der Waals surface area contributed by atoms with Gasteiger partial charge in [0.05, 0.1) is 24.6 Å². The normalized spacial score (nSPS) is 11.8. The number of nitrogens with zero attached hydrogens (tertiary/aromatic N) is 1. The Balaban J connectivity index is 1.77. The molecule has 0 saturated carbocycles. The molecule has 0 aliphatic heterocycles. The average molecular weight is 800 g/mol. The summed E-state index contributed by atoms with van der Waals surface area (Å²) in [4.78, 5) is 28.9. The lowest BCUT2D eigenvalue weighted by Crippen LogP contribution is -2.59. The molecule has 3 rings (SSSR count). The van der Waals surface area contributed by atoms with Gasteiger partial charge in [-0.2, -0.15) is 0 Å². The van der Waals surface area contributed by atoms with E-state index in [1.54, 1.807) is 60.8 Å². The minimum atomic E-state index is -3.16. The molecule has 0 N–H and O–H groups in total. The molecule has 0 aliphatic carbocycles. The number of carbonyl (C=O) groups is 2. The fraction of sp³-hybridized carbons (Fsp3) is 0.500. The maximum absolute atomic E-state index is 12.2. The Hall–Kier alpha value is -4.33. The highest BCUT2D eigenvalue weighted by molar-refractivity contribution is 6.75. The molecule has 10 nitrogen and oxygen atoms in total. The molecule has 0 bridgehead atoms. The predicted octanol–water partition coefficient (Wildman–Crippen LogP) is 7.80. The quantitative estimate of drug-likeness (QED) is 0.0718. The number of carbonyl (C=O) groups excluding carboxylic acids is 2. The second kappa shape index (κ2) is 22.6. The van der Waals surface area contributed by atoms with Crippen molar-refractivity contribution in [2.45, 2.75) is 132 Å². The van der Waals surface area contributed by atoms with Crippen LogP contribution in [0.2, 0.25) is 0 Å². The fourth-order valence-electron chi connectivity index (χ4n) is 5.50. The SMILES string of the molecule is CCC(CC)O[Si](OC)(OC(CC)CC)c1ccc(C#Cc2ccc(C#Cc3cc(COCC(=O)OC(C)(C)C)nc(COCC(=O)OC(C)(C)C)c3)cc2)cc1. The van der Waals surface area contributed by atoms with Gasteiger partial charge in [-0.1, -0.05) is 63.5 Å². The predicted molar refractivity (Wildman–Crippen MR) is 223 cm³/mol. The molecule has 0 radical (unpaired) electrons. The third-order valence-corrected chi connectivity index (χ3v) is 11.1. The van der Waals surface area contributed by atoms with Crippen molar-refractivity contribution in [2.24, 2.45) is 0 Å². The molecule has 0 fully saturated rings. The Kier molecular flexibility index (Phi) is 18.6. The number of benzene rings is 2. The lowest BCUT2D eigenvalue weighted by molar-refractivity contribution is -0.161. The molecule has 308 valence electrons. The highest BCUT2D eigenvalue weighted by Gasteiger charge is 2.46. The highest BCUT2D eigenvalue weighted by Crippen LogP contribution is 2.21. The third kappa shape index (κ3) is 17.0. The van der Waals surface area contributed by atoms with Gasteiger partial charge in [-0.3, -0.25) is 4.98 Å². The Morgan fingerprint density at radius 1 is 0.596 bits per heavy atom. The molecule has 0 amide bonds. The summed E-state index contributed by atoms with van der Waals surface area (Å²) in [7, 11) is -1.47. The van der Waals surface area contributed by atoms with E-state index in [2.05, 4.69) is 56.4 Å². The molecule has 0 atom stereocenters. The second-order valence-electron chi connectivity index (χ2n) is 15.5. The first-order chi connectivity index (χ1) is 27.0. The summed E-state index contributed by atoms with van der Waals surface area (Å²) in [6.07, 6.45) is 3.61. The molecule has 0 aliphatic rings. The van der Waals surface area contributed by atoms with E-state index in [0.29, 0.717) is 17.0 Å². The van der Waals surface area contributed by atoms with E-state index in [9.17, 15) is 9.59 Å². The smallest absolute Gasteiger partial charge is 0.458 e. The number of ether oxygens (including phenoxy) is 4. The summed E-state index contributed by atoms with van der Waals surface area (Å²) in [5, 5.41) is 0.923. The zero-order valence-corrected chi connectivity index (χ0v) is 36.7. The maximum Gasteiger partial charge on any atom is 0.537 e. The number of hydrogen-bond donors (Lipinski definition) is 0. The van der Waals surface area contributed by atoms with Crippen molar-refractivity contribution in [1.82, 2.24) is 4.98 Å². The first-order valence-corrected chi connectivity index (χ1v) is 21.5. The van der Waals surface area contributed by atoms with Gasteiger partial charge in [-0.15, -0.1) is 0 Å². The van der Waals surface area contributed by atoms with Gasteiger partial charge in [0.15, 0.2) is 0 Å².